The second-order valence-electron chi connectivity index (χ2n) is 2.14. The summed E-state index contributed by atoms with van der Waals surface area (Å²) in [6.07, 6.45) is 0. The van der Waals surface area contributed by atoms with Gasteiger partial charge in [-0.3, -0.25) is 0 Å². The summed E-state index contributed by atoms with van der Waals surface area (Å²) in [5, 5.41) is 1.23. The first-order chi connectivity index (χ1) is 5.27. The summed E-state index contributed by atoms with van der Waals surface area (Å²) < 4.78 is 1.04. The minimum absolute atomic E-state index is 0. The van der Waals surface area contributed by atoms with Crippen LogP contribution in [0.25, 0.3) is 10.2 Å². The number of benzene rings is 1. The first-order valence-electron chi connectivity index (χ1n) is 3.08. The average Bonchev–Trinajstić information content (AvgIpc) is 2.31. The Hall–Kier alpha value is -0.510. The van der Waals surface area contributed by atoms with E-state index in [0.717, 1.165) is 10.2 Å². The molecule has 0 radical (unpaired) electrons. The van der Waals surface area contributed by atoms with Gasteiger partial charge in [-0.2, -0.15) is 0 Å². The molecule has 0 amide bonds. The fourth-order valence-corrected chi connectivity index (χ4v) is 1.97. The number of thiazole rings is 1. The molecular weight excluding hydrogens is 215 g/mol. The lowest BCUT2D eigenvalue weighted by atomic mass is 10.3. The van der Waals surface area contributed by atoms with Crippen LogP contribution in [0.15, 0.2) is 18.2 Å². The van der Waals surface area contributed by atoms with E-state index in [4.69, 9.17) is 17.3 Å². The molecule has 0 unspecified atom stereocenters. The Labute approximate surface area is 84.8 Å². The lowest BCUT2D eigenvalue weighted by Gasteiger charge is -1.87. The third-order valence-corrected chi connectivity index (χ3v) is 2.54. The van der Waals surface area contributed by atoms with Gasteiger partial charge in [-0.25, -0.2) is 4.98 Å². The molecule has 2 N–H and O–H groups in total. The lowest BCUT2D eigenvalue weighted by Crippen LogP contribution is -1.79. The van der Waals surface area contributed by atoms with Gasteiger partial charge in [-0.05, 0) is 12.1 Å². The van der Waals surface area contributed by atoms with Crippen LogP contribution in [-0.2, 0) is 0 Å². The van der Waals surface area contributed by atoms with E-state index in [-0.39, 0.29) is 12.4 Å². The highest BCUT2D eigenvalue weighted by Gasteiger charge is 2.02. The van der Waals surface area contributed by atoms with Crippen LogP contribution in [0.5, 0.6) is 0 Å². The Balaban J connectivity index is 0.000000720. The number of nitrogens with zero attached hydrogens (tertiary/aromatic N) is 1. The molecule has 0 fully saturated rings. The largest absolute Gasteiger partial charge is 0.375 e. The first-order valence-corrected chi connectivity index (χ1v) is 4.27. The van der Waals surface area contributed by atoms with E-state index in [1.165, 1.54) is 11.3 Å². The van der Waals surface area contributed by atoms with Crippen molar-refractivity contribution in [3.05, 3.63) is 23.2 Å². The Morgan fingerprint density at radius 2 is 2.17 bits per heavy atom. The fraction of sp³-hybridized carbons (Fsp3) is 0. The Kier molecular flexibility index (Phi) is 2.77. The van der Waals surface area contributed by atoms with Crippen molar-refractivity contribution < 1.29 is 0 Å². The quantitative estimate of drug-likeness (QED) is 0.742. The molecule has 0 saturated carbocycles. The summed E-state index contributed by atoms with van der Waals surface area (Å²) in [6, 6.07) is 5.65. The van der Waals surface area contributed by atoms with Crippen LogP contribution in [0, 0.1) is 0 Å². The molecule has 1 aromatic heterocycles. The maximum Gasteiger partial charge on any atom is 0.181 e. The minimum Gasteiger partial charge on any atom is -0.375 e. The number of para-hydroxylation sites is 1. The van der Waals surface area contributed by atoms with Crippen LogP contribution in [0.4, 0.5) is 5.13 Å². The van der Waals surface area contributed by atoms with Crippen LogP contribution in [-0.4, -0.2) is 4.98 Å². The first kappa shape index (κ1) is 9.58. The number of anilines is 1. The van der Waals surface area contributed by atoms with Crippen LogP contribution in [0.1, 0.15) is 0 Å². The highest BCUT2D eigenvalue weighted by molar-refractivity contribution is 7.22. The zero-order chi connectivity index (χ0) is 7.84. The van der Waals surface area contributed by atoms with Gasteiger partial charge in [-0.1, -0.05) is 29.0 Å². The standard InChI is InChI=1S/C7H5ClN2S.ClH/c8-4-2-1-3-5-6(4)10-7(9)11-5;/h1-3H,(H2,9,10);1H. The summed E-state index contributed by atoms with van der Waals surface area (Å²) in [7, 11) is 0. The molecule has 0 aliphatic carbocycles. The van der Waals surface area contributed by atoms with E-state index in [9.17, 15) is 0 Å². The van der Waals surface area contributed by atoms with Gasteiger partial charge in [0.2, 0.25) is 0 Å². The van der Waals surface area contributed by atoms with Crippen molar-refractivity contribution in [2.75, 3.05) is 5.73 Å². The molecule has 1 heterocycles. The predicted molar refractivity (Wildman–Crippen MR) is 56.3 cm³/mol. The van der Waals surface area contributed by atoms with Crippen molar-refractivity contribution in [1.29, 1.82) is 0 Å². The van der Waals surface area contributed by atoms with Gasteiger partial charge < -0.3 is 5.73 Å². The van der Waals surface area contributed by atoms with Crippen LogP contribution >= 0.6 is 35.3 Å². The second-order valence-corrected chi connectivity index (χ2v) is 3.61. The number of nitrogen functional groups attached to an aromatic ring is 1. The van der Waals surface area contributed by atoms with Gasteiger partial charge in [0, 0.05) is 0 Å². The van der Waals surface area contributed by atoms with E-state index in [1.807, 2.05) is 18.2 Å². The predicted octanol–water partition coefficient (Wildman–Crippen LogP) is 2.95. The van der Waals surface area contributed by atoms with Crippen molar-refractivity contribution in [3.8, 4) is 0 Å². The number of halogens is 2. The maximum absolute atomic E-state index is 5.86. The van der Waals surface area contributed by atoms with E-state index < -0.39 is 0 Å². The third kappa shape index (κ3) is 1.48. The molecule has 0 bridgehead atoms. The van der Waals surface area contributed by atoms with Crippen LogP contribution < -0.4 is 5.73 Å². The monoisotopic (exact) mass is 220 g/mol. The Bertz CT molecular complexity index is 399. The van der Waals surface area contributed by atoms with E-state index in [0.29, 0.717) is 10.2 Å². The summed E-state index contributed by atoms with van der Waals surface area (Å²) in [5.41, 5.74) is 6.31. The molecule has 0 spiro atoms. The topological polar surface area (TPSA) is 38.9 Å². The molecule has 0 aliphatic rings. The van der Waals surface area contributed by atoms with Crippen LogP contribution in [0.2, 0.25) is 5.02 Å². The number of hydrogen-bond donors (Lipinski definition) is 1. The zero-order valence-corrected chi connectivity index (χ0v) is 8.34. The van der Waals surface area contributed by atoms with Crippen molar-refractivity contribution in [2.45, 2.75) is 0 Å². The molecular formula is C7H6Cl2N2S. The lowest BCUT2D eigenvalue weighted by molar-refractivity contribution is 1.50. The van der Waals surface area contributed by atoms with E-state index in [1.54, 1.807) is 0 Å². The average molecular weight is 221 g/mol. The summed E-state index contributed by atoms with van der Waals surface area (Å²) >= 11 is 7.31. The highest BCUT2D eigenvalue weighted by atomic mass is 35.5. The van der Waals surface area contributed by atoms with Gasteiger partial charge in [0.25, 0.3) is 0 Å². The van der Waals surface area contributed by atoms with Gasteiger partial charge in [0.1, 0.15) is 5.52 Å². The molecule has 1 aromatic carbocycles. The number of hydrogen-bond acceptors (Lipinski definition) is 3. The van der Waals surface area contributed by atoms with Crippen molar-refractivity contribution >= 4 is 50.7 Å². The van der Waals surface area contributed by atoms with Gasteiger partial charge in [0.05, 0.1) is 9.72 Å². The maximum atomic E-state index is 5.86. The second kappa shape index (κ2) is 3.47. The van der Waals surface area contributed by atoms with E-state index in [2.05, 4.69) is 4.98 Å². The molecule has 0 aliphatic heterocycles. The number of nitrogens with two attached hydrogens (primary N) is 1. The minimum atomic E-state index is 0. The Morgan fingerprint density at radius 3 is 2.83 bits per heavy atom. The molecule has 2 aromatic rings. The molecule has 0 atom stereocenters. The molecule has 2 nitrogen and oxygen atoms in total. The smallest absolute Gasteiger partial charge is 0.181 e. The SMILES string of the molecule is Cl.Nc1nc2c(Cl)cccc2s1. The number of fused-ring (bicyclic) bond motifs is 1. The zero-order valence-electron chi connectivity index (χ0n) is 5.95. The van der Waals surface area contributed by atoms with E-state index >= 15 is 0 Å². The van der Waals surface area contributed by atoms with Crippen molar-refractivity contribution in [3.63, 3.8) is 0 Å². The van der Waals surface area contributed by atoms with Gasteiger partial charge in [0.15, 0.2) is 5.13 Å². The highest BCUT2D eigenvalue weighted by Crippen LogP contribution is 2.28. The number of rotatable bonds is 0. The molecule has 2 rings (SSSR count). The summed E-state index contributed by atoms with van der Waals surface area (Å²) in [5.74, 6) is 0. The van der Waals surface area contributed by atoms with Gasteiger partial charge in [-0.15, -0.1) is 12.4 Å². The fourth-order valence-electron chi connectivity index (χ4n) is 0.932. The normalized spacial score (nSPS) is 9.75. The summed E-state index contributed by atoms with van der Waals surface area (Å²) in [6.45, 7) is 0. The van der Waals surface area contributed by atoms with Gasteiger partial charge >= 0.3 is 0 Å². The van der Waals surface area contributed by atoms with Crippen molar-refractivity contribution in [1.82, 2.24) is 4.98 Å². The van der Waals surface area contributed by atoms with Crippen molar-refractivity contribution in [2.24, 2.45) is 0 Å². The summed E-state index contributed by atoms with van der Waals surface area (Å²) in [4.78, 5) is 4.08. The molecule has 0 saturated heterocycles. The Morgan fingerprint density at radius 1 is 1.42 bits per heavy atom. The third-order valence-electron chi connectivity index (χ3n) is 1.39. The number of aromatic nitrogens is 1. The molecule has 5 heteroatoms. The van der Waals surface area contributed by atoms with Crippen LogP contribution in [0.3, 0.4) is 0 Å². The molecule has 12 heavy (non-hydrogen) atoms. The molecule has 64 valence electrons.